The second-order valence-electron chi connectivity index (χ2n) is 4.10. The van der Waals surface area contributed by atoms with Crippen molar-refractivity contribution in [1.82, 2.24) is 20.1 Å². The van der Waals surface area contributed by atoms with E-state index >= 15 is 0 Å². The number of hydrogen-bond acceptors (Lipinski definition) is 5. The Morgan fingerprint density at radius 3 is 3.05 bits per heavy atom. The van der Waals surface area contributed by atoms with Gasteiger partial charge in [0.05, 0.1) is 11.9 Å². The highest BCUT2D eigenvalue weighted by Gasteiger charge is 2.07. The van der Waals surface area contributed by atoms with Crippen LogP contribution >= 0.6 is 0 Å². The molecular weight excluding hydrogens is 244 g/mol. The number of aromatic nitrogens is 3. The third-order valence-corrected chi connectivity index (χ3v) is 2.62. The molecule has 4 N–H and O–H groups in total. The zero-order chi connectivity index (χ0) is 13.7. The van der Waals surface area contributed by atoms with Crippen LogP contribution in [0.3, 0.4) is 0 Å². The first-order valence-electron chi connectivity index (χ1n) is 5.87. The molecule has 2 aromatic rings. The van der Waals surface area contributed by atoms with Crippen LogP contribution < -0.4 is 16.6 Å². The summed E-state index contributed by atoms with van der Waals surface area (Å²) in [6, 6.07) is 3.28. The van der Waals surface area contributed by atoms with Gasteiger partial charge in [-0.05, 0) is 24.1 Å². The maximum Gasteiger partial charge on any atom is 0.269 e. The van der Waals surface area contributed by atoms with E-state index < -0.39 is 0 Å². The molecule has 2 rings (SSSR count). The van der Waals surface area contributed by atoms with Crippen molar-refractivity contribution < 1.29 is 4.79 Å². The van der Waals surface area contributed by atoms with E-state index in [1.165, 1.54) is 6.20 Å². The Hall–Kier alpha value is -2.41. The summed E-state index contributed by atoms with van der Waals surface area (Å²) in [5, 5.41) is 6.87. The highest BCUT2D eigenvalue weighted by Crippen LogP contribution is 2.05. The zero-order valence-corrected chi connectivity index (χ0v) is 10.6. The lowest BCUT2D eigenvalue weighted by atomic mass is 10.2. The number of carbonyl (C=O) groups excluding carboxylic acids is 1. The minimum atomic E-state index is -0.221. The molecule has 0 bridgehead atoms. The van der Waals surface area contributed by atoms with Gasteiger partial charge in [0.1, 0.15) is 5.69 Å². The number of pyridine rings is 1. The molecule has 0 saturated carbocycles. The highest BCUT2D eigenvalue weighted by atomic mass is 16.1. The number of aryl methyl sites for hydroxylation is 1. The molecule has 0 unspecified atom stereocenters. The van der Waals surface area contributed by atoms with Crippen molar-refractivity contribution >= 4 is 11.6 Å². The van der Waals surface area contributed by atoms with Gasteiger partial charge in [-0.25, -0.2) is 0 Å². The molecule has 0 aromatic carbocycles. The van der Waals surface area contributed by atoms with Crippen LogP contribution in [-0.4, -0.2) is 27.2 Å². The van der Waals surface area contributed by atoms with Gasteiger partial charge in [0.2, 0.25) is 0 Å². The molecule has 19 heavy (non-hydrogen) atoms. The molecule has 7 heteroatoms. The number of rotatable bonds is 5. The number of amides is 1. The van der Waals surface area contributed by atoms with Crippen molar-refractivity contribution in [1.29, 1.82) is 0 Å². The van der Waals surface area contributed by atoms with Crippen LogP contribution in [-0.2, 0) is 13.5 Å². The van der Waals surface area contributed by atoms with E-state index in [9.17, 15) is 4.79 Å². The summed E-state index contributed by atoms with van der Waals surface area (Å²) >= 11 is 0. The lowest BCUT2D eigenvalue weighted by Gasteiger charge is -2.05. The maximum atomic E-state index is 11.8. The monoisotopic (exact) mass is 260 g/mol. The predicted molar refractivity (Wildman–Crippen MR) is 71.3 cm³/mol. The number of nitrogens with two attached hydrogens (primary N) is 1. The molecule has 100 valence electrons. The van der Waals surface area contributed by atoms with E-state index in [4.69, 9.17) is 5.84 Å². The molecule has 7 nitrogen and oxygen atoms in total. The molecule has 0 radical (unpaired) electrons. The number of nitrogen functional groups attached to an aromatic ring is 1. The smallest absolute Gasteiger partial charge is 0.269 e. The van der Waals surface area contributed by atoms with Crippen molar-refractivity contribution in [3.8, 4) is 0 Å². The molecular formula is C12H16N6O. The first-order chi connectivity index (χ1) is 9.19. The fraction of sp³-hybridized carbons (Fsp3) is 0.250. The SMILES string of the molecule is Cn1cc(CCNC(=O)c2cc(NN)ccn2)cn1. The van der Waals surface area contributed by atoms with Crippen molar-refractivity contribution in [2.75, 3.05) is 12.0 Å². The quantitative estimate of drug-likeness (QED) is 0.522. The first-order valence-corrected chi connectivity index (χ1v) is 5.87. The van der Waals surface area contributed by atoms with Crippen molar-refractivity contribution in [2.45, 2.75) is 6.42 Å². The Labute approximate surface area is 110 Å². The summed E-state index contributed by atoms with van der Waals surface area (Å²) in [4.78, 5) is 15.8. The number of anilines is 1. The van der Waals surface area contributed by atoms with E-state index in [2.05, 4.69) is 20.8 Å². The summed E-state index contributed by atoms with van der Waals surface area (Å²) in [7, 11) is 1.86. The summed E-state index contributed by atoms with van der Waals surface area (Å²) in [6.45, 7) is 0.534. The van der Waals surface area contributed by atoms with Gasteiger partial charge in [0.15, 0.2) is 0 Å². The Morgan fingerprint density at radius 2 is 2.37 bits per heavy atom. The Bertz CT molecular complexity index is 565. The molecule has 0 atom stereocenters. The third kappa shape index (κ3) is 3.52. The van der Waals surface area contributed by atoms with Crippen LogP contribution in [0.25, 0.3) is 0 Å². The number of carbonyl (C=O) groups is 1. The van der Waals surface area contributed by atoms with Gasteiger partial charge in [-0.1, -0.05) is 0 Å². The minimum Gasteiger partial charge on any atom is -0.350 e. The fourth-order valence-corrected chi connectivity index (χ4v) is 1.66. The van der Waals surface area contributed by atoms with E-state index in [-0.39, 0.29) is 5.91 Å². The van der Waals surface area contributed by atoms with Crippen LogP contribution in [0.2, 0.25) is 0 Å². The maximum absolute atomic E-state index is 11.8. The third-order valence-electron chi connectivity index (χ3n) is 2.62. The van der Waals surface area contributed by atoms with Crippen LogP contribution in [0.15, 0.2) is 30.7 Å². The van der Waals surface area contributed by atoms with Crippen molar-refractivity contribution in [2.24, 2.45) is 12.9 Å². The van der Waals surface area contributed by atoms with Gasteiger partial charge in [-0.15, -0.1) is 0 Å². The van der Waals surface area contributed by atoms with E-state index in [0.29, 0.717) is 17.9 Å². The van der Waals surface area contributed by atoms with Crippen LogP contribution in [0.5, 0.6) is 0 Å². The predicted octanol–water partition coefficient (Wildman–Crippen LogP) is 0.0732. The molecule has 0 spiro atoms. The Kier molecular flexibility index (Phi) is 4.09. The average Bonchev–Trinajstić information content (AvgIpc) is 2.84. The summed E-state index contributed by atoms with van der Waals surface area (Å²) in [5.74, 6) is 5.06. The fourth-order valence-electron chi connectivity index (χ4n) is 1.66. The van der Waals surface area contributed by atoms with Gasteiger partial charge in [-0.3, -0.25) is 20.3 Å². The van der Waals surface area contributed by atoms with Gasteiger partial charge in [0, 0.05) is 26.0 Å². The second kappa shape index (κ2) is 5.96. The van der Waals surface area contributed by atoms with Crippen LogP contribution in [0.1, 0.15) is 16.1 Å². The number of nitrogens with zero attached hydrogens (tertiary/aromatic N) is 3. The minimum absolute atomic E-state index is 0.221. The Balaban J connectivity index is 1.87. The Morgan fingerprint density at radius 1 is 1.53 bits per heavy atom. The molecule has 0 fully saturated rings. The largest absolute Gasteiger partial charge is 0.350 e. The lowest BCUT2D eigenvalue weighted by Crippen LogP contribution is -2.26. The topological polar surface area (TPSA) is 97.9 Å². The van der Waals surface area contributed by atoms with Gasteiger partial charge >= 0.3 is 0 Å². The summed E-state index contributed by atoms with van der Waals surface area (Å²) in [6.07, 6.45) is 5.96. The molecule has 0 aliphatic heterocycles. The van der Waals surface area contributed by atoms with E-state index in [0.717, 1.165) is 12.0 Å². The van der Waals surface area contributed by atoms with Crippen molar-refractivity contribution in [3.63, 3.8) is 0 Å². The zero-order valence-electron chi connectivity index (χ0n) is 10.6. The van der Waals surface area contributed by atoms with E-state index in [1.807, 2.05) is 13.2 Å². The number of hydrazine groups is 1. The van der Waals surface area contributed by atoms with Crippen LogP contribution in [0.4, 0.5) is 5.69 Å². The molecule has 0 aliphatic rings. The highest BCUT2D eigenvalue weighted by molar-refractivity contribution is 5.93. The summed E-state index contributed by atoms with van der Waals surface area (Å²) < 4.78 is 1.73. The summed E-state index contributed by atoms with van der Waals surface area (Å²) in [5.41, 5.74) is 4.53. The second-order valence-corrected chi connectivity index (χ2v) is 4.10. The van der Waals surface area contributed by atoms with Gasteiger partial charge in [0.25, 0.3) is 5.91 Å². The average molecular weight is 260 g/mol. The standard InChI is InChI=1S/C12H16N6O/c1-18-8-9(7-16-18)2-4-15-12(19)11-6-10(17-13)3-5-14-11/h3,5-8H,2,4,13H2,1H3,(H,14,17)(H,15,19). The van der Waals surface area contributed by atoms with Crippen LogP contribution in [0, 0.1) is 0 Å². The molecule has 1 amide bonds. The first kappa shape index (κ1) is 13.0. The van der Waals surface area contributed by atoms with E-state index in [1.54, 1.807) is 23.0 Å². The van der Waals surface area contributed by atoms with Gasteiger partial charge < -0.3 is 10.7 Å². The molecule has 0 aliphatic carbocycles. The number of hydrogen-bond donors (Lipinski definition) is 3. The van der Waals surface area contributed by atoms with Crippen molar-refractivity contribution in [3.05, 3.63) is 42.0 Å². The molecule has 2 aromatic heterocycles. The van der Waals surface area contributed by atoms with Gasteiger partial charge in [-0.2, -0.15) is 5.10 Å². The molecule has 2 heterocycles. The normalized spacial score (nSPS) is 10.2. The lowest BCUT2D eigenvalue weighted by molar-refractivity contribution is 0.0949. The number of nitrogens with one attached hydrogen (secondary N) is 2. The molecule has 0 saturated heterocycles.